The van der Waals surface area contributed by atoms with Gasteiger partial charge in [-0.25, -0.2) is 9.50 Å². The molecule has 3 rings (SSSR count). The highest BCUT2D eigenvalue weighted by Crippen LogP contribution is 2.17. The second kappa shape index (κ2) is 6.91. The van der Waals surface area contributed by atoms with E-state index in [2.05, 4.69) is 15.4 Å². The number of carbonyl (C=O) groups excluding carboxylic acids is 1. The third kappa shape index (κ3) is 3.95. The van der Waals surface area contributed by atoms with E-state index in [0.717, 1.165) is 30.8 Å². The van der Waals surface area contributed by atoms with E-state index in [4.69, 9.17) is 4.74 Å². The highest BCUT2D eigenvalue weighted by Gasteiger charge is 2.14. The maximum Gasteiger partial charge on any atom is 0.234 e. The van der Waals surface area contributed by atoms with Crippen molar-refractivity contribution in [3.05, 3.63) is 24.7 Å². The van der Waals surface area contributed by atoms with Crippen molar-refractivity contribution in [3.8, 4) is 0 Å². The molecule has 1 aliphatic rings. The summed E-state index contributed by atoms with van der Waals surface area (Å²) in [6, 6.07) is 1.81. The smallest absolute Gasteiger partial charge is 0.234 e. The number of amides is 1. The van der Waals surface area contributed by atoms with Gasteiger partial charge in [-0.2, -0.15) is 5.10 Å². The Morgan fingerprint density at radius 2 is 2.48 bits per heavy atom. The third-order valence-corrected chi connectivity index (χ3v) is 4.42. The Labute approximate surface area is 127 Å². The number of rotatable bonds is 5. The van der Waals surface area contributed by atoms with Crippen molar-refractivity contribution in [1.29, 1.82) is 0 Å². The van der Waals surface area contributed by atoms with Gasteiger partial charge in [0.2, 0.25) is 5.91 Å². The molecule has 6 nitrogen and oxygen atoms in total. The fraction of sp³-hybridized carbons (Fsp3) is 0.500. The summed E-state index contributed by atoms with van der Waals surface area (Å²) in [5, 5.41) is 6.93. The molecule has 1 fully saturated rings. The first kappa shape index (κ1) is 14.3. The predicted molar refractivity (Wildman–Crippen MR) is 82.5 cm³/mol. The van der Waals surface area contributed by atoms with Crippen LogP contribution in [0.1, 0.15) is 19.3 Å². The number of hydrogen-bond donors (Lipinski definition) is 1. The molecule has 2 aromatic rings. The minimum absolute atomic E-state index is 0.0240. The number of nitrogens with zero attached hydrogens (tertiary/aromatic N) is 3. The van der Waals surface area contributed by atoms with Crippen LogP contribution in [0.5, 0.6) is 0 Å². The van der Waals surface area contributed by atoms with Gasteiger partial charge in [0, 0.05) is 18.4 Å². The van der Waals surface area contributed by atoms with Crippen molar-refractivity contribution >= 4 is 29.0 Å². The van der Waals surface area contributed by atoms with Gasteiger partial charge in [0.25, 0.3) is 0 Å². The molecule has 2 aromatic heterocycles. The van der Waals surface area contributed by atoms with Crippen molar-refractivity contribution in [3.63, 3.8) is 0 Å². The van der Waals surface area contributed by atoms with Crippen LogP contribution in [0.2, 0.25) is 0 Å². The summed E-state index contributed by atoms with van der Waals surface area (Å²) < 4.78 is 7.28. The summed E-state index contributed by atoms with van der Waals surface area (Å²) in [5.41, 5.74) is 1.42. The lowest BCUT2D eigenvalue weighted by atomic mass is 10.1. The molecule has 1 unspecified atom stereocenters. The van der Waals surface area contributed by atoms with Crippen LogP contribution in [-0.4, -0.2) is 44.7 Å². The van der Waals surface area contributed by atoms with Crippen LogP contribution in [0.25, 0.3) is 5.65 Å². The Bertz CT molecular complexity index is 610. The molecule has 1 aliphatic heterocycles. The van der Waals surface area contributed by atoms with E-state index in [1.165, 1.54) is 6.42 Å². The van der Waals surface area contributed by atoms with Gasteiger partial charge >= 0.3 is 0 Å². The number of carbonyl (C=O) groups is 1. The Morgan fingerprint density at radius 1 is 1.52 bits per heavy atom. The molecule has 1 atom stereocenters. The zero-order chi connectivity index (χ0) is 14.5. The molecule has 0 radical (unpaired) electrons. The van der Waals surface area contributed by atoms with Crippen LogP contribution in [-0.2, 0) is 9.53 Å². The summed E-state index contributed by atoms with van der Waals surface area (Å²) in [6.45, 7) is 0.854. The summed E-state index contributed by atoms with van der Waals surface area (Å²) in [7, 11) is 0. The Morgan fingerprint density at radius 3 is 3.33 bits per heavy atom. The van der Waals surface area contributed by atoms with Crippen molar-refractivity contribution in [2.75, 3.05) is 23.4 Å². The summed E-state index contributed by atoms with van der Waals surface area (Å²) >= 11 is 1.61. The molecular formula is C14H18N4O2S. The minimum Gasteiger partial charge on any atom is -0.377 e. The Balaban J connectivity index is 1.44. The second-order valence-electron chi connectivity index (χ2n) is 5.03. The molecule has 1 saturated heterocycles. The molecular weight excluding hydrogens is 288 g/mol. The summed E-state index contributed by atoms with van der Waals surface area (Å²) in [4.78, 5) is 16.1. The van der Waals surface area contributed by atoms with Gasteiger partial charge in [0.05, 0.1) is 36.1 Å². The van der Waals surface area contributed by atoms with Crippen molar-refractivity contribution in [2.24, 2.45) is 0 Å². The normalized spacial score (nSPS) is 18.8. The van der Waals surface area contributed by atoms with Gasteiger partial charge in [0.1, 0.15) is 0 Å². The van der Waals surface area contributed by atoms with E-state index >= 15 is 0 Å². The van der Waals surface area contributed by atoms with Gasteiger partial charge in [-0.05, 0) is 19.3 Å². The van der Waals surface area contributed by atoms with Crippen LogP contribution in [0.15, 0.2) is 24.7 Å². The zero-order valence-electron chi connectivity index (χ0n) is 11.7. The molecule has 21 heavy (non-hydrogen) atoms. The number of thioether (sulfide) groups is 1. The van der Waals surface area contributed by atoms with E-state index < -0.39 is 0 Å². The summed E-state index contributed by atoms with van der Waals surface area (Å²) in [5.74, 6) is 1.28. The van der Waals surface area contributed by atoms with Gasteiger partial charge in [-0.15, -0.1) is 11.8 Å². The van der Waals surface area contributed by atoms with Crippen molar-refractivity contribution in [2.45, 2.75) is 25.4 Å². The number of aromatic nitrogens is 3. The zero-order valence-corrected chi connectivity index (χ0v) is 12.5. The van der Waals surface area contributed by atoms with Gasteiger partial charge < -0.3 is 10.1 Å². The monoisotopic (exact) mass is 306 g/mol. The van der Waals surface area contributed by atoms with E-state index in [-0.39, 0.29) is 5.91 Å². The number of ether oxygens (including phenoxy) is 1. The van der Waals surface area contributed by atoms with Crippen LogP contribution in [0, 0.1) is 0 Å². The highest BCUT2D eigenvalue weighted by atomic mass is 32.2. The van der Waals surface area contributed by atoms with Crippen LogP contribution in [0.4, 0.5) is 5.69 Å². The molecule has 0 saturated carbocycles. The molecule has 3 heterocycles. The number of fused-ring (bicyclic) bond motifs is 1. The molecule has 0 aliphatic carbocycles. The lowest BCUT2D eigenvalue weighted by Crippen LogP contribution is -2.23. The van der Waals surface area contributed by atoms with E-state index in [1.807, 2.05) is 6.07 Å². The quantitative estimate of drug-likeness (QED) is 0.914. The topological polar surface area (TPSA) is 68.5 Å². The lowest BCUT2D eigenvalue weighted by molar-refractivity contribution is -0.113. The van der Waals surface area contributed by atoms with Crippen molar-refractivity contribution in [1.82, 2.24) is 14.6 Å². The van der Waals surface area contributed by atoms with E-state index in [9.17, 15) is 4.79 Å². The minimum atomic E-state index is -0.0240. The third-order valence-electron chi connectivity index (χ3n) is 3.34. The predicted octanol–water partition coefficient (Wildman–Crippen LogP) is 1.97. The fourth-order valence-corrected chi connectivity index (χ4v) is 3.19. The van der Waals surface area contributed by atoms with Crippen LogP contribution < -0.4 is 5.32 Å². The molecule has 1 amide bonds. The molecule has 0 bridgehead atoms. The second-order valence-corrected chi connectivity index (χ2v) is 6.06. The number of anilines is 1. The first-order valence-electron chi connectivity index (χ1n) is 7.10. The molecule has 7 heteroatoms. The highest BCUT2D eigenvalue weighted by molar-refractivity contribution is 8.00. The van der Waals surface area contributed by atoms with Crippen LogP contribution >= 0.6 is 11.8 Å². The Kier molecular flexibility index (Phi) is 4.72. The first-order chi connectivity index (χ1) is 10.3. The molecule has 112 valence electrons. The molecule has 0 aromatic carbocycles. The average molecular weight is 306 g/mol. The van der Waals surface area contributed by atoms with E-state index in [1.54, 1.807) is 34.9 Å². The standard InChI is InChI=1S/C14H18N4O2S/c19-14(10-21-9-12-3-1-2-6-20-12)17-11-7-15-13-4-5-16-18(13)8-11/h4-5,7-8,12H,1-3,6,9-10H2,(H,17,19). The number of hydrogen-bond acceptors (Lipinski definition) is 5. The largest absolute Gasteiger partial charge is 0.377 e. The fourth-order valence-electron chi connectivity index (χ4n) is 2.29. The number of nitrogens with one attached hydrogen (secondary N) is 1. The molecule has 0 spiro atoms. The Hall–Kier alpha value is -1.60. The average Bonchev–Trinajstić information content (AvgIpc) is 2.96. The maximum atomic E-state index is 11.9. The maximum absolute atomic E-state index is 11.9. The molecule has 1 N–H and O–H groups in total. The lowest BCUT2D eigenvalue weighted by Gasteiger charge is -2.21. The van der Waals surface area contributed by atoms with Crippen molar-refractivity contribution < 1.29 is 9.53 Å². The van der Waals surface area contributed by atoms with Crippen LogP contribution in [0.3, 0.4) is 0 Å². The van der Waals surface area contributed by atoms with Gasteiger partial charge in [-0.1, -0.05) is 0 Å². The summed E-state index contributed by atoms with van der Waals surface area (Å²) in [6.07, 6.45) is 8.87. The van der Waals surface area contributed by atoms with E-state index in [0.29, 0.717) is 17.5 Å². The van der Waals surface area contributed by atoms with Gasteiger partial charge in [0.15, 0.2) is 5.65 Å². The SMILES string of the molecule is O=C(CSCC1CCCCO1)Nc1cnc2ccnn2c1. The van der Waals surface area contributed by atoms with Gasteiger partial charge in [-0.3, -0.25) is 4.79 Å². The first-order valence-corrected chi connectivity index (χ1v) is 8.25.